The Morgan fingerprint density at radius 3 is 2.45 bits per heavy atom. The number of amides is 2. The molecule has 2 amide bonds. The van der Waals surface area contributed by atoms with Crippen LogP contribution in [0, 0.1) is 0 Å². The number of hydrogen-bond acceptors (Lipinski definition) is 4. The molecule has 1 aromatic carbocycles. The molecule has 6 heteroatoms. The van der Waals surface area contributed by atoms with Crippen molar-refractivity contribution >= 4 is 23.2 Å². The fourth-order valence-electron chi connectivity index (χ4n) is 3.07. The number of carbonyl (C=O) groups is 2. The third-order valence-corrected chi connectivity index (χ3v) is 5.57. The summed E-state index contributed by atoms with van der Waals surface area (Å²) in [5, 5.41) is 1.87. The predicted octanol–water partition coefficient (Wildman–Crippen LogP) is 4.46. The molecule has 152 valence electrons. The van der Waals surface area contributed by atoms with E-state index in [4.69, 9.17) is 4.42 Å². The second kappa shape index (κ2) is 10.1. The van der Waals surface area contributed by atoms with E-state index in [1.807, 2.05) is 55.6 Å². The first kappa shape index (κ1) is 20.9. The standard InChI is InChI=1S/C23H26N2O3S/c1-18(2)25(23(27)21-11-7-15-29-21)17-22(26)24(16-20-10-6-14-28-20)13-12-19-8-4-3-5-9-19/h3-11,14-15,18H,12-13,16-17H2,1-2H3. The lowest BCUT2D eigenvalue weighted by atomic mass is 10.1. The largest absolute Gasteiger partial charge is 0.467 e. The zero-order valence-corrected chi connectivity index (χ0v) is 17.6. The van der Waals surface area contributed by atoms with Crippen LogP contribution in [0.15, 0.2) is 70.7 Å². The first-order chi connectivity index (χ1) is 14.0. The Kier molecular flexibility index (Phi) is 7.25. The highest BCUT2D eigenvalue weighted by Gasteiger charge is 2.25. The van der Waals surface area contributed by atoms with Gasteiger partial charge >= 0.3 is 0 Å². The van der Waals surface area contributed by atoms with Gasteiger partial charge in [-0.05, 0) is 49.4 Å². The summed E-state index contributed by atoms with van der Waals surface area (Å²) in [5.41, 5.74) is 1.17. The van der Waals surface area contributed by atoms with E-state index >= 15 is 0 Å². The molecule has 0 N–H and O–H groups in total. The van der Waals surface area contributed by atoms with Crippen molar-refractivity contribution in [2.75, 3.05) is 13.1 Å². The Morgan fingerprint density at radius 2 is 1.83 bits per heavy atom. The highest BCUT2D eigenvalue weighted by molar-refractivity contribution is 7.12. The molecule has 0 aliphatic carbocycles. The molecule has 2 heterocycles. The van der Waals surface area contributed by atoms with Crippen molar-refractivity contribution in [1.82, 2.24) is 9.80 Å². The van der Waals surface area contributed by atoms with E-state index in [9.17, 15) is 9.59 Å². The monoisotopic (exact) mass is 410 g/mol. The summed E-state index contributed by atoms with van der Waals surface area (Å²) in [7, 11) is 0. The first-order valence-corrected chi connectivity index (χ1v) is 10.6. The Hall–Kier alpha value is -2.86. The van der Waals surface area contributed by atoms with Crippen molar-refractivity contribution in [3.63, 3.8) is 0 Å². The molecule has 0 aliphatic heterocycles. The van der Waals surface area contributed by atoms with Gasteiger partial charge in [-0.1, -0.05) is 36.4 Å². The van der Waals surface area contributed by atoms with E-state index in [0.29, 0.717) is 18.0 Å². The molecule has 0 saturated heterocycles. The number of benzene rings is 1. The van der Waals surface area contributed by atoms with Crippen LogP contribution in [0.1, 0.15) is 34.8 Å². The van der Waals surface area contributed by atoms with Crippen molar-refractivity contribution in [2.24, 2.45) is 0 Å². The van der Waals surface area contributed by atoms with Crippen LogP contribution < -0.4 is 0 Å². The predicted molar refractivity (Wildman–Crippen MR) is 115 cm³/mol. The molecule has 0 bridgehead atoms. The van der Waals surface area contributed by atoms with Crippen LogP contribution in [0.2, 0.25) is 0 Å². The van der Waals surface area contributed by atoms with Crippen LogP contribution in [0.25, 0.3) is 0 Å². The van der Waals surface area contributed by atoms with Gasteiger partial charge in [0, 0.05) is 12.6 Å². The topological polar surface area (TPSA) is 53.8 Å². The zero-order chi connectivity index (χ0) is 20.6. The Balaban J connectivity index is 1.72. The maximum Gasteiger partial charge on any atom is 0.264 e. The average molecular weight is 411 g/mol. The van der Waals surface area contributed by atoms with Crippen LogP contribution in [-0.4, -0.2) is 40.7 Å². The molecule has 0 spiro atoms. The number of furan rings is 1. The van der Waals surface area contributed by atoms with Gasteiger partial charge in [0.1, 0.15) is 12.3 Å². The van der Waals surface area contributed by atoms with Crippen molar-refractivity contribution in [3.05, 3.63) is 82.4 Å². The van der Waals surface area contributed by atoms with Crippen molar-refractivity contribution in [2.45, 2.75) is 32.9 Å². The van der Waals surface area contributed by atoms with Gasteiger partial charge in [0.05, 0.1) is 17.7 Å². The maximum absolute atomic E-state index is 13.2. The summed E-state index contributed by atoms with van der Waals surface area (Å²) in [6.07, 6.45) is 2.35. The fourth-order valence-corrected chi connectivity index (χ4v) is 3.75. The second-order valence-corrected chi connectivity index (χ2v) is 8.08. The average Bonchev–Trinajstić information content (AvgIpc) is 3.43. The van der Waals surface area contributed by atoms with Gasteiger partial charge in [-0.2, -0.15) is 0 Å². The number of nitrogens with zero attached hydrogens (tertiary/aromatic N) is 2. The number of carbonyl (C=O) groups excluding carboxylic acids is 2. The third kappa shape index (κ3) is 5.81. The Morgan fingerprint density at radius 1 is 1.03 bits per heavy atom. The first-order valence-electron chi connectivity index (χ1n) is 9.73. The summed E-state index contributed by atoms with van der Waals surface area (Å²) >= 11 is 1.39. The molecule has 0 atom stereocenters. The van der Waals surface area contributed by atoms with Gasteiger partial charge in [-0.25, -0.2) is 0 Å². The fraction of sp³-hybridized carbons (Fsp3) is 0.304. The molecule has 0 radical (unpaired) electrons. The summed E-state index contributed by atoms with van der Waals surface area (Å²) in [6, 6.07) is 17.3. The minimum atomic E-state index is -0.107. The second-order valence-electron chi connectivity index (χ2n) is 7.13. The Labute approximate surface area is 175 Å². The number of hydrogen-bond donors (Lipinski definition) is 0. The molecule has 0 saturated carbocycles. The van der Waals surface area contributed by atoms with E-state index in [1.165, 1.54) is 16.9 Å². The van der Waals surface area contributed by atoms with Crippen molar-refractivity contribution < 1.29 is 14.0 Å². The molecule has 3 aromatic rings. The maximum atomic E-state index is 13.2. The van der Waals surface area contributed by atoms with E-state index < -0.39 is 0 Å². The molecular formula is C23H26N2O3S. The number of rotatable bonds is 9. The van der Waals surface area contributed by atoms with Gasteiger partial charge in [-0.15, -0.1) is 11.3 Å². The lowest BCUT2D eigenvalue weighted by molar-refractivity contribution is -0.133. The summed E-state index contributed by atoms with van der Waals surface area (Å²) in [5.74, 6) is 0.535. The summed E-state index contributed by atoms with van der Waals surface area (Å²) < 4.78 is 5.45. The van der Waals surface area contributed by atoms with E-state index in [2.05, 4.69) is 12.1 Å². The van der Waals surface area contributed by atoms with Crippen molar-refractivity contribution in [3.8, 4) is 0 Å². The van der Waals surface area contributed by atoms with Crippen LogP contribution in [0.3, 0.4) is 0 Å². The minimum absolute atomic E-state index is 0.0455. The molecule has 0 fully saturated rings. The molecule has 0 unspecified atom stereocenters. The smallest absolute Gasteiger partial charge is 0.264 e. The van der Waals surface area contributed by atoms with Crippen LogP contribution in [-0.2, 0) is 17.8 Å². The molecule has 5 nitrogen and oxygen atoms in total. The van der Waals surface area contributed by atoms with Crippen LogP contribution >= 0.6 is 11.3 Å². The quantitative estimate of drug-likeness (QED) is 0.523. The minimum Gasteiger partial charge on any atom is -0.467 e. The van der Waals surface area contributed by atoms with Crippen molar-refractivity contribution in [1.29, 1.82) is 0 Å². The molecule has 3 rings (SSSR count). The summed E-state index contributed by atoms with van der Waals surface area (Å²) in [4.78, 5) is 30.1. The molecule has 0 aliphatic rings. The van der Waals surface area contributed by atoms with E-state index in [-0.39, 0.29) is 24.4 Å². The van der Waals surface area contributed by atoms with Gasteiger partial charge < -0.3 is 14.2 Å². The molecular weight excluding hydrogens is 384 g/mol. The Bertz CT molecular complexity index is 890. The van der Waals surface area contributed by atoms with Gasteiger partial charge in [-0.3, -0.25) is 9.59 Å². The molecule has 2 aromatic heterocycles. The SMILES string of the molecule is CC(C)N(CC(=O)N(CCc1ccccc1)Cc1ccco1)C(=O)c1cccs1. The lowest BCUT2D eigenvalue weighted by Crippen LogP contribution is -2.46. The zero-order valence-electron chi connectivity index (χ0n) is 16.8. The third-order valence-electron chi connectivity index (χ3n) is 4.71. The van der Waals surface area contributed by atoms with Gasteiger partial charge in [0.15, 0.2) is 0 Å². The summed E-state index contributed by atoms with van der Waals surface area (Å²) in [6.45, 7) is 4.85. The van der Waals surface area contributed by atoms with Crippen LogP contribution in [0.4, 0.5) is 0 Å². The number of thiophene rings is 1. The lowest BCUT2D eigenvalue weighted by Gasteiger charge is -2.29. The van der Waals surface area contributed by atoms with Gasteiger partial charge in [0.2, 0.25) is 5.91 Å². The molecule has 29 heavy (non-hydrogen) atoms. The highest BCUT2D eigenvalue weighted by Crippen LogP contribution is 2.15. The van der Waals surface area contributed by atoms with Gasteiger partial charge in [0.25, 0.3) is 5.91 Å². The van der Waals surface area contributed by atoms with E-state index in [1.54, 1.807) is 22.1 Å². The van der Waals surface area contributed by atoms with Crippen LogP contribution in [0.5, 0.6) is 0 Å². The normalized spacial score (nSPS) is 10.9. The van der Waals surface area contributed by atoms with E-state index in [0.717, 1.165) is 12.2 Å². The highest BCUT2D eigenvalue weighted by atomic mass is 32.1.